The zero-order valence-corrected chi connectivity index (χ0v) is 15.5. The molecule has 0 atom stereocenters. The van der Waals surface area contributed by atoms with Gasteiger partial charge in [0.2, 0.25) is 0 Å². The molecule has 0 heterocycles. The molecule has 0 saturated carbocycles. The van der Waals surface area contributed by atoms with Crippen LogP contribution in [-0.2, 0) is 14.3 Å². The predicted molar refractivity (Wildman–Crippen MR) is 99.3 cm³/mol. The van der Waals surface area contributed by atoms with Crippen molar-refractivity contribution in [2.75, 3.05) is 20.3 Å². The number of unbranched alkanes of at least 4 members (excludes halogenated alkanes) is 2. The molecule has 138 valence electrons. The van der Waals surface area contributed by atoms with Crippen LogP contribution in [0.4, 0.5) is 0 Å². The molecule has 1 aromatic rings. The van der Waals surface area contributed by atoms with Crippen molar-refractivity contribution in [3.63, 3.8) is 0 Å². The standard InChI is InChI=1S/C16H22ClN3O4S/c1-23-15(22)9-3-2-6-10-18-16(25)20-19-14(21)11-24-13-8-5-4-7-12(13)17/h4-5,7-8H,2-3,6,9-11H2,1H3,(H,19,21)(H2,18,20,25). The lowest BCUT2D eigenvalue weighted by Gasteiger charge is -2.12. The normalized spacial score (nSPS) is 9.84. The van der Waals surface area contributed by atoms with Gasteiger partial charge in [-0.25, -0.2) is 0 Å². The number of methoxy groups -OCH3 is 1. The van der Waals surface area contributed by atoms with Gasteiger partial charge < -0.3 is 14.8 Å². The summed E-state index contributed by atoms with van der Waals surface area (Å²) < 4.78 is 9.86. The van der Waals surface area contributed by atoms with Gasteiger partial charge in [-0.2, -0.15) is 0 Å². The maximum Gasteiger partial charge on any atom is 0.305 e. The number of para-hydroxylation sites is 1. The Hall–Kier alpha value is -2.06. The quantitative estimate of drug-likeness (QED) is 0.258. The Morgan fingerprint density at radius 2 is 1.92 bits per heavy atom. The van der Waals surface area contributed by atoms with Crippen LogP contribution >= 0.6 is 23.8 Å². The molecule has 9 heteroatoms. The molecule has 7 nitrogen and oxygen atoms in total. The van der Waals surface area contributed by atoms with E-state index in [4.69, 9.17) is 28.6 Å². The van der Waals surface area contributed by atoms with Crippen molar-refractivity contribution >= 4 is 40.8 Å². The van der Waals surface area contributed by atoms with Gasteiger partial charge in [0.15, 0.2) is 11.7 Å². The van der Waals surface area contributed by atoms with Crippen LogP contribution in [0.5, 0.6) is 5.75 Å². The van der Waals surface area contributed by atoms with Crippen molar-refractivity contribution in [2.24, 2.45) is 0 Å². The van der Waals surface area contributed by atoms with E-state index in [-0.39, 0.29) is 18.5 Å². The third-order valence-corrected chi connectivity index (χ3v) is 3.64. The largest absolute Gasteiger partial charge is 0.482 e. The van der Waals surface area contributed by atoms with Crippen molar-refractivity contribution in [1.82, 2.24) is 16.2 Å². The van der Waals surface area contributed by atoms with Crippen LogP contribution in [0, 0.1) is 0 Å². The molecule has 1 aromatic carbocycles. The molecule has 1 rings (SSSR count). The first-order chi connectivity index (χ1) is 12.0. The number of nitrogens with one attached hydrogen (secondary N) is 3. The first-order valence-corrected chi connectivity index (χ1v) is 8.58. The average molecular weight is 388 g/mol. The highest BCUT2D eigenvalue weighted by atomic mass is 35.5. The number of carbonyl (C=O) groups excluding carboxylic acids is 2. The van der Waals surface area contributed by atoms with Crippen LogP contribution in [0.3, 0.4) is 0 Å². The van der Waals surface area contributed by atoms with E-state index in [1.54, 1.807) is 24.3 Å². The zero-order valence-electron chi connectivity index (χ0n) is 14.0. The molecule has 0 spiro atoms. The number of amides is 1. The predicted octanol–water partition coefficient (Wildman–Crippen LogP) is 1.95. The van der Waals surface area contributed by atoms with Gasteiger partial charge in [-0.3, -0.25) is 20.4 Å². The molecular formula is C16H22ClN3O4S. The molecule has 0 aliphatic carbocycles. The van der Waals surface area contributed by atoms with E-state index < -0.39 is 0 Å². The van der Waals surface area contributed by atoms with E-state index in [0.29, 0.717) is 28.9 Å². The van der Waals surface area contributed by atoms with Gasteiger partial charge in [-0.05, 0) is 37.2 Å². The first-order valence-electron chi connectivity index (χ1n) is 7.79. The minimum absolute atomic E-state index is 0.188. The minimum Gasteiger partial charge on any atom is -0.482 e. The molecule has 0 fully saturated rings. The van der Waals surface area contributed by atoms with Crippen LogP contribution in [0.1, 0.15) is 25.7 Å². The highest BCUT2D eigenvalue weighted by Gasteiger charge is 2.05. The fraction of sp³-hybridized carbons (Fsp3) is 0.438. The maximum absolute atomic E-state index is 11.7. The van der Waals surface area contributed by atoms with Crippen molar-refractivity contribution in [3.8, 4) is 5.75 Å². The highest BCUT2D eigenvalue weighted by Crippen LogP contribution is 2.22. The summed E-state index contributed by atoms with van der Waals surface area (Å²) in [6.45, 7) is 0.450. The summed E-state index contributed by atoms with van der Waals surface area (Å²) in [7, 11) is 1.38. The summed E-state index contributed by atoms with van der Waals surface area (Å²) in [4.78, 5) is 22.6. The maximum atomic E-state index is 11.7. The lowest BCUT2D eigenvalue weighted by Crippen LogP contribution is -2.48. The number of ether oxygens (including phenoxy) is 2. The summed E-state index contributed by atoms with van der Waals surface area (Å²) in [5, 5.41) is 3.69. The molecule has 0 bridgehead atoms. The molecule has 0 aliphatic heterocycles. The SMILES string of the molecule is COC(=O)CCCCCNC(=S)NNC(=O)COc1ccccc1Cl. The molecule has 0 aromatic heterocycles. The minimum atomic E-state index is -0.387. The van der Waals surface area contributed by atoms with Gasteiger partial charge in [0.25, 0.3) is 5.91 Å². The average Bonchev–Trinajstić information content (AvgIpc) is 2.61. The van der Waals surface area contributed by atoms with Crippen molar-refractivity contribution < 1.29 is 19.1 Å². The number of rotatable bonds is 9. The molecule has 0 aliphatic rings. The van der Waals surface area contributed by atoms with E-state index in [2.05, 4.69) is 20.9 Å². The number of halogens is 1. The van der Waals surface area contributed by atoms with Crippen molar-refractivity contribution in [3.05, 3.63) is 29.3 Å². The smallest absolute Gasteiger partial charge is 0.305 e. The summed E-state index contributed by atoms with van der Waals surface area (Å²) >= 11 is 11.0. The fourth-order valence-electron chi connectivity index (χ4n) is 1.79. The summed E-state index contributed by atoms with van der Waals surface area (Å²) in [5.41, 5.74) is 5.01. The molecular weight excluding hydrogens is 366 g/mol. The summed E-state index contributed by atoms with van der Waals surface area (Å²) in [6.07, 6.45) is 2.91. The van der Waals surface area contributed by atoms with E-state index in [9.17, 15) is 9.59 Å². The van der Waals surface area contributed by atoms with Crippen LogP contribution in [-0.4, -0.2) is 37.3 Å². The molecule has 25 heavy (non-hydrogen) atoms. The summed E-state index contributed by atoms with van der Waals surface area (Å²) in [5.74, 6) is -0.152. The summed E-state index contributed by atoms with van der Waals surface area (Å²) in [6, 6.07) is 6.89. The Morgan fingerprint density at radius 1 is 1.16 bits per heavy atom. The number of hydrazine groups is 1. The number of hydrogen-bond acceptors (Lipinski definition) is 5. The van der Waals surface area contributed by atoms with Crippen molar-refractivity contribution in [2.45, 2.75) is 25.7 Å². The second-order valence-electron chi connectivity index (χ2n) is 5.03. The van der Waals surface area contributed by atoms with Gasteiger partial charge in [0, 0.05) is 13.0 Å². The van der Waals surface area contributed by atoms with E-state index in [0.717, 1.165) is 19.3 Å². The zero-order chi connectivity index (χ0) is 18.5. The van der Waals surface area contributed by atoms with Crippen LogP contribution in [0.25, 0.3) is 0 Å². The topological polar surface area (TPSA) is 88.7 Å². The number of hydrogen-bond donors (Lipinski definition) is 3. The first kappa shape index (κ1) is 21.0. The second-order valence-corrected chi connectivity index (χ2v) is 5.85. The van der Waals surface area contributed by atoms with Crippen LogP contribution < -0.4 is 20.9 Å². The molecule has 1 amide bonds. The van der Waals surface area contributed by atoms with Gasteiger partial charge in [-0.15, -0.1) is 0 Å². The monoisotopic (exact) mass is 387 g/mol. The van der Waals surface area contributed by atoms with Gasteiger partial charge in [-0.1, -0.05) is 30.2 Å². The Balaban J connectivity index is 2.06. The Kier molecular flexibility index (Phi) is 10.3. The van der Waals surface area contributed by atoms with E-state index in [1.165, 1.54) is 7.11 Å². The lowest BCUT2D eigenvalue weighted by atomic mass is 10.2. The Morgan fingerprint density at radius 3 is 2.64 bits per heavy atom. The van der Waals surface area contributed by atoms with Gasteiger partial charge in [0.05, 0.1) is 12.1 Å². The lowest BCUT2D eigenvalue weighted by molar-refractivity contribution is -0.140. The second kappa shape index (κ2) is 12.3. The van der Waals surface area contributed by atoms with E-state index in [1.807, 2.05) is 0 Å². The number of thiocarbonyl (C=S) groups is 1. The molecule has 0 radical (unpaired) electrons. The number of esters is 1. The number of benzene rings is 1. The molecule has 0 saturated heterocycles. The molecule has 0 unspecified atom stereocenters. The van der Waals surface area contributed by atoms with Crippen LogP contribution in [0.15, 0.2) is 24.3 Å². The van der Waals surface area contributed by atoms with E-state index >= 15 is 0 Å². The van der Waals surface area contributed by atoms with Crippen LogP contribution in [0.2, 0.25) is 5.02 Å². The highest BCUT2D eigenvalue weighted by molar-refractivity contribution is 7.80. The molecule has 3 N–H and O–H groups in total. The van der Waals surface area contributed by atoms with Crippen molar-refractivity contribution in [1.29, 1.82) is 0 Å². The third-order valence-electron chi connectivity index (χ3n) is 3.08. The van der Waals surface area contributed by atoms with Gasteiger partial charge in [0.1, 0.15) is 5.75 Å². The third kappa shape index (κ3) is 9.73. The fourth-order valence-corrected chi connectivity index (χ4v) is 2.13. The van der Waals surface area contributed by atoms with Gasteiger partial charge >= 0.3 is 5.97 Å². The number of carbonyl (C=O) groups is 2. The Bertz CT molecular complexity index is 586. The Labute approximate surface area is 157 Å².